The Bertz CT molecular complexity index is 929. The molecule has 3 fully saturated rings. The largest absolute Gasteiger partial charge is 0.378 e. The highest BCUT2D eigenvalue weighted by molar-refractivity contribution is 6.05. The van der Waals surface area contributed by atoms with Crippen LogP contribution >= 0.6 is 0 Å². The number of carbonyl (C=O) groups excluding carboxylic acids is 2. The Kier molecular flexibility index (Phi) is 4.72. The molecule has 1 spiro atoms. The molecular formula is C22H25N3O4. The van der Waals surface area contributed by atoms with E-state index in [2.05, 4.69) is 4.98 Å². The normalized spacial score (nSPS) is 23.4. The molecule has 7 nitrogen and oxygen atoms in total. The number of fused-ring (bicyclic) bond motifs is 1. The average molecular weight is 395 g/mol. The lowest BCUT2D eigenvalue weighted by atomic mass is 9.85. The molecule has 29 heavy (non-hydrogen) atoms. The third-order valence-corrected chi connectivity index (χ3v) is 6.23. The van der Waals surface area contributed by atoms with Crippen LogP contribution in [0.15, 0.2) is 36.5 Å². The Morgan fingerprint density at radius 3 is 2.72 bits per heavy atom. The van der Waals surface area contributed by atoms with E-state index in [0.29, 0.717) is 58.1 Å². The minimum absolute atomic E-state index is 0.0520. The Hall–Kier alpha value is -2.51. The van der Waals surface area contributed by atoms with E-state index in [1.807, 2.05) is 35.2 Å². The molecule has 3 saturated heterocycles. The van der Waals surface area contributed by atoms with Gasteiger partial charge in [-0.15, -0.1) is 0 Å². The SMILES string of the molecule is O=C(CC1COC2(C1)CN(C(=O)c1nccc3ccccc13)C2)N1CCOCC1. The summed E-state index contributed by atoms with van der Waals surface area (Å²) in [6.45, 7) is 4.32. The fraction of sp³-hybridized carbons (Fsp3) is 0.500. The Morgan fingerprint density at radius 1 is 1.10 bits per heavy atom. The first-order valence-corrected chi connectivity index (χ1v) is 10.3. The minimum Gasteiger partial charge on any atom is -0.378 e. The number of pyridine rings is 1. The molecule has 0 N–H and O–H groups in total. The molecule has 1 atom stereocenters. The number of ether oxygens (including phenoxy) is 2. The summed E-state index contributed by atoms with van der Waals surface area (Å²) in [7, 11) is 0. The van der Waals surface area contributed by atoms with Crippen LogP contribution in [0.1, 0.15) is 23.3 Å². The first kappa shape index (κ1) is 18.5. The van der Waals surface area contributed by atoms with Crippen molar-refractivity contribution in [1.29, 1.82) is 0 Å². The number of amides is 2. The van der Waals surface area contributed by atoms with Crippen LogP contribution in [0.2, 0.25) is 0 Å². The number of nitrogens with zero attached hydrogens (tertiary/aromatic N) is 3. The van der Waals surface area contributed by atoms with Gasteiger partial charge in [0.25, 0.3) is 5.91 Å². The van der Waals surface area contributed by atoms with Crippen LogP contribution in [0.4, 0.5) is 0 Å². The van der Waals surface area contributed by atoms with E-state index in [1.165, 1.54) is 0 Å². The van der Waals surface area contributed by atoms with Crippen LogP contribution in [0.3, 0.4) is 0 Å². The summed E-state index contributed by atoms with van der Waals surface area (Å²) >= 11 is 0. The lowest BCUT2D eigenvalue weighted by Crippen LogP contribution is -2.63. The number of likely N-dealkylation sites (tertiary alicyclic amines) is 1. The molecule has 1 unspecified atom stereocenters. The number of aromatic nitrogens is 1. The summed E-state index contributed by atoms with van der Waals surface area (Å²) in [6.07, 6.45) is 3.03. The van der Waals surface area contributed by atoms with E-state index in [0.717, 1.165) is 17.2 Å². The van der Waals surface area contributed by atoms with Crippen molar-refractivity contribution in [3.8, 4) is 0 Å². The van der Waals surface area contributed by atoms with Crippen LogP contribution in [0.25, 0.3) is 10.8 Å². The van der Waals surface area contributed by atoms with Gasteiger partial charge in [0, 0.05) is 31.1 Å². The highest BCUT2D eigenvalue weighted by atomic mass is 16.5. The molecule has 152 valence electrons. The van der Waals surface area contributed by atoms with Crippen LogP contribution in [0, 0.1) is 5.92 Å². The van der Waals surface area contributed by atoms with Crippen LogP contribution in [-0.4, -0.2) is 78.2 Å². The summed E-state index contributed by atoms with van der Waals surface area (Å²) in [5.41, 5.74) is 0.200. The second-order valence-electron chi connectivity index (χ2n) is 8.30. The first-order chi connectivity index (χ1) is 14.1. The molecule has 1 aromatic heterocycles. The number of hydrogen-bond donors (Lipinski definition) is 0. The number of hydrogen-bond acceptors (Lipinski definition) is 5. The maximum Gasteiger partial charge on any atom is 0.273 e. The molecule has 0 bridgehead atoms. The van der Waals surface area contributed by atoms with Crippen molar-refractivity contribution in [2.75, 3.05) is 46.0 Å². The molecule has 3 aliphatic rings. The molecule has 0 saturated carbocycles. The average Bonchev–Trinajstić information content (AvgIpc) is 3.16. The van der Waals surface area contributed by atoms with E-state index >= 15 is 0 Å². The summed E-state index contributed by atoms with van der Waals surface area (Å²) in [4.78, 5) is 33.5. The van der Waals surface area contributed by atoms with Gasteiger partial charge in [-0.2, -0.15) is 0 Å². The van der Waals surface area contributed by atoms with Gasteiger partial charge in [0.2, 0.25) is 5.91 Å². The van der Waals surface area contributed by atoms with Crippen LogP contribution < -0.4 is 0 Å². The molecule has 0 radical (unpaired) electrons. The van der Waals surface area contributed by atoms with Crippen molar-refractivity contribution < 1.29 is 19.1 Å². The molecule has 3 aliphatic heterocycles. The fourth-order valence-electron chi connectivity index (χ4n) is 4.71. The zero-order valence-electron chi connectivity index (χ0n) is 16.4. The van der Waals surface area contributed by atoms with Crippen LogP contribution in [0.5, 0.6) is 0 Å². The van der Waals surface area contributed by atoms with Gasteiger partial charge in [-0.05, 0) is 23.8 Å². The maximum atomic E-state index is 13.0. The van der Waals surface area contributed by atoms with Gasteiger partial charge in [0.15, 0.2) is 0 Å². The van der Waals surface area contributed by atoms with Crippen molar-refractivity contribution in [3.05, 3.63) is 42.2 Å². The van der Waals surface area contributed by atoms with Gasteiger partial charge >= 0.3 is 0 Å². The lowest BCUT2D eigenvalue weighted by molar-refractivity contribution is -0.136. The highest BCUT2D eigenvalue weighted by Crippen LogP contribution is 2.40. The smallest absolute Gasteiger partial charge is 0.273 e. The monoisotopic (exact) mass is 395 g/mol. The molecular weight excluding hydrogens is 370 g/mol. The Labute approximate surface area is 169 Å². The topological polar surface area (TPSA) is 72.0 Å². The van der Waals surface area contributed by atoms with Crippen LogP contribution in [-0.2, 0) is 14.3 Å². The standard InChI is InChI=1S/C22H25N3O4/c26-19(24-7-9-28-10-8-24)11-16-12-22(29-13-16)14-25(15-22)21(27)20-18-4-2-1-3-17(18)5-6-23-20/h1-6,16H,7-15H2. The highest BCUT2D eigenvalue weighted by Gasteiger charge is 2.52. The third-order valence-electron chi connectivity index (χ3n) is 6.23. The molecule has 0 aliphatic carbocycles. The van der Waals surface area contributed by atoms with Gasteiger partial charge in [-0.3, -0.25) is 14.6 Å². The van der Waals surface area contributed by atoms with Gasteiger partial charge < -0.3 is 19.3 Å². The fourth-order valence-corrected chi connectivity index (χ4v) is 4.71. The lowest BCUT2D eigenvalue weighted by Gasteiger charge is -2.47. The number of carbonyl (C=O) groups is 2. The van der Waals surface area contributed by atoms with Gasteiger partial charge in [-0.25, -0.2) is 0 Å². The predicted molar refractivity (Wildman–Crippen MR) is 106 cm³/mol. The van der Waals surface area contributed by atoms with Crippen molar-refractivity contribution in [1.82, 2.24) is 14.8 Å². The van der Waals surface area contributed by atoms with Gasteiger partial charge in [0.1, 0.15) is 11.3 Å². The summed E-state index contributed by atoms with van der Waals surface area (Å²) < 4.78 is 11.4. The quantitative estimate of drug-likeness (QED) is 0.791. The van der Waals surface area contributed by atoms with E-state index in [9.17, 15) is 9.59 Å². The molecule has 2 amide bonds. The number of morpholine rings is 1. The molecule has 4 heterocycles. The second kappa shape index (κ2) is 7.39. The van der Waals surface area contributed by atoms with E-state index < -0.39 is 0 Å². The maximum absolute atomic E-state index is 13.0. The molecule has 5 rings (SSSR count). The minimum atomic E-state index is -0.295. The van der Waals surface area contributed by atoms with Gasteiger partial charge in [0.05, 0.1) is 32.9 Å². The molecule has 1 aromatic carbocycles. The second-order valence-corrected chi connectivity index (χ2v) is 8.30. The van der Waals surface area contributed by atoms with E-state index in [1.54, 1.807) is 11.1 Å². The molecule has 2 aromatic rings. The zero-order chi connectivity index (χ0) is 19.8. The Morgan fingerprint density at radius 2 is 1.90 bits per heavy atom. The Balaban J connectivity index is 1.19. The summed E-state index contributed by atoms with van der Waals surface area (Å²) in [6, 6.07) is 9.72. The van der Waals surface area contributed by atoms with E-state index in [4.69, 9.17) is 9.47 Å². The van der Waals surface area contributed by atoms with Crippen molar-refractivity contribution in [2.24, 2.45) is 5.92 Å². The number of benzene rings is 1. The van der Waals surface area contributed by atoms with Gasteiger partial charge in [-0.1, -0.05) is 24.3 Å². The molecule has 7 heteroatoms. The number of rotatable bonds is 3. The van der Waals surface area contributed by atoms with Crippen molar-refractivity contribution in [3.63, 3.8) is 0 Å². The summed E-state index contributed by atoms with van der Waals surface area (Å²) in [5, 5.41) is 1.89. The zero-order valence-corrected chi connectivity index (χ0v) is 16.4. The van der Waals surface area contributed by atoms with E-state index in [-0.39, 0.29) is 23.3 Å². The summed E-state index contributed by atoms with van der Waals surface area (Å²) in [5.74, 6) is 0.355. The van der Waals surface area contributed by atoms with Crippen molar-refractivity contribution >= 4 is 22.6 Å². The third kappa shape index (κ3) is 3.49. The van der Waals surface area contributed by atoms with Crippen molar-refractivity contribution in [2.45, 2.75) is 18.4 Å². The first-order valence-electron chi connectivity index (χ1n) is 10.3. The predicted octanol–water partition coefficient (Wildman–Crippen LogP) is 1.71.